The van der Waals surface area contributed by atoms with E-state index in [9.17, 15) is 0 Å². The lowest BCUT2D eigenvalue weighted by molar-refractivity contribution is 0.354. The molecule has 4 nitrogen and oxygen atoms in total. The van der Waals surface area contributed by atoms with Crippen LogP contribution < -0.4 is 5.73 Å². The number of nitrogens with two attached hydrogens (primary N) is 1. The summed E-state index contributed by atoms with van der Waals surface area (Å²) in [7, 11) is 4.19. The van der Waals surface area contributed by atoms with Gasteiger partial charge in [0.2, 0.25) is 0 Å². The molecule has 2 N–H and O–H groups in total. The van der Waals surface area contributed by atoms with Gasteiger partial charge in [0, 0.05) is 6.04 Å². The van der Waals surface area contributed by atoms with Crippen molar-refractivity contribution in [2.75, 3.05) is 20.6 Å². The molecule has 2 atom stereocenters. The van der Waals surface area contributed by atoms with Crippen LogP contribution in [0.3, 0.4) is 0 Å². The third-order valence-electron chi connectivity index (χ3n) is 3.64. The molecule has 2 unspecified atom stereocenters. The maximum Gasteiger partial charge on any atom is 0.0951 e. The molecule has 0 radical (unpaired) electrons. The minimum Gasteiger partial charge on any atom is -0.330 e. The summed E-state index contributed by atoms with van der Waals surface area (Å²) >= 11 is 0. The van der Waals surface area contributed by atoms with E-state index in [2.05, 4.69) is 47.6 Å². The van der Waals surface area contributed by atoms with Gasteiger partial charge in [0.15, 0.2) is 0 Å². The monoisotopic (exact) mass is 272 g/mol. The largest absolute Gasteiger partial charge is 0.330 e. The highest BCUT2D eigenvalue weighted by Gasteiger charge is 2.16. The van der Waals surface area contributed by atoms with Crippen molar-refractivity contribution < 1.29 is 0 Å². The molecule has 1 heterocycles. The van der Waals surface area contributed by atoms with Gasteiger partial charge in [-0.3, -0.25) is 0 Å². The first-order valence-electron chi connectivity index (χ1n) is 7.06. The molecule has 20 heavy (non-hydrogen) atoms. The fraction of sp³-hybridized carbons (Fsp3) is 0.438. The Bertz CT molecular complexity index is 518. The van der Waals surface area contributed by atoms with Crippen LogP contribution in [-0.2, 0) is 0 Å². The zero-order chi connectivity index (χ0) is 14.5. The Morgan fingerprint density at radius 2 is 1.95 bits per heavy atom. The zero-order valence-electron chi connectivity index (χ0n) is 12.5. The molecule has 0 spiro atoms. The Kier molecular flexibility index (Phi) is 4.93. The van der Waals surface area contributed by atoms with Gasteiger partial charge in [-0.1, -0.05) is 30.3 Å². The van der Waals surface area contributed by atoms with Gasteiger partial charge in [0.1, 0.15) is 0 Å². The van der Waals surface area contributed by atoms with Crippen LogP contribution in [0, 0.1) is 0 Å². The molecule has 0 aliphatic heterocycles. The summed E-state index contributed by atoms with van der Waals surface area (Å²) in [5.74, 6) is 0. The third-order valence-corrected chi connectivity index (χ3v) is 3.64. The van der Waals surface area contributed by atoms with Gasteiger partial charge in [-0.2, -0.15) is 0 Å². The molecule has 2 aromatic rings. The molecule has 0 aliphatic carbocycles. The fourth-order valence-corrected chi connectivity index (χ4v) is 2.34. The summed E-state index contributed by atoms with van der Waals surface area (Å²) in [6.45, 7) is 3.27. The molecule has 0 saturated heterocycles. The Labute approximate surface area is 121 Å². The lowest BCUT2D eigenvalue weighted by Crippen LogP contribution is -2.21. The van der Waals surface area contributed by atoms with Crippen LogP contribution in [-0.4, -0.2) is 35.1 Å². The van der Waals surface area contributed by atoms with E-state index < -0.39 is 0 Å². The summed E-state index contributed by atoms with van der Waals surface area (Å²) < 4.78 is 2.20. The molecule has 2 rings (SSSR count). The van der Waals surface area contributed by atoms with Crippen molar-refractivity contribution >= 4 is 0 Å². The molecule has 0 saturated carbocycles. The Hall–Kier alpha value is -1.65. The van der Waals surface area contributed by atoms with Crippen molar-refractivity contribution in [2.45, 2.75) is 25.4 Å². The van der Waals surface area contributed by atoms with Gasteiger partial charge in [0.05, 0.1) is 24.3 Å². The number of rotatable bonds is 6. The number of hydrogen-bond donors (Lipinski definition) is 1. The highest BCUT2D eigenvalue weighted by atomic mass is 15.1. The molecule has 0 aliphatic rings. The first-order valence-corrected chi connectivity index (χ1v) is 7.06. The van der Waals surface area contributed by atoms with Crippen molar-refractivity contribution in [1.29, 1.82) is 0 Å². The predicted molar refractivity (Wildman–Crippen MR) is 82.6 cm³/mol. The second kappa shape index (κ2) is 6.68. The summed E-state index contributed by atoms with van der Waals surface area (Å²) in [5.41, 5.74) is 8.58. The van der Waals surface area contributed by atoms with Crippen molar-refractivity contribution in [3.05, 3.63) is 54.1 Å². The highest BCUT2D eigenvalue weighted by molar-refractivity contribution is 5.26. The Balaban J connectivity index is 2.16. The van der Waals surface area contributed by atoms with Gasteiger partial charge in [-0.25, -0.2) is 4.98 Å². The van der Waals surface area contributed by atoms with Gasteiger partial charge >= 0.3 is 0 Å². The predicted octanol–water partition coefficient (Wildman–Crippen LogP) is 2.44. The molecule has 1 aromatic heterocycles. The van der Waals surface area contributed by atoms with Crippen molar-refractivity contribution in [1.82, 2.24) is 14.5 Å². The standard InChI is InChI=1S/C16H24N4/c1-13(9-10-19(2)3)20-12-18-11-15(20)16(17)14-7-5-4-6-8-14/h4-8,11-13,16H,9-10,17H2,1-3H3. The molecule has 1 aromatic carbocycles. The number of benzene rings is 1. The topological polar surface area (TPSA) is 47.1 Å². The quantitative estimate of drug-likeness (QED) is 0.878. The number of imidazole rings is 1. The summed E-state index contributed by atoms with van der Waals surface area (Å²) in [6, 6.07) is 10.4. The van der Waals surface area contributed by atoms with Crippen LogP contribution in [0.15, 0.2) is 42.9 Å². The highest BCUT2D eigenvalue weighted by Crippen LogP contribution is 2.23. The minimum absolute atomic E-state index is 0.125. The minimum atomic E-state index is -0.125. The van der Waals surface area contributed by atoms with Crippen molar-refractivity contribution in [3.8, 4) is 0 Å². The van der Waals surface area contributed by atoms with Crippen molar-refractivity contribution in [3.63, 3.8) is 0 Å². The Morgan fingerprint density at radius 1 is 1.25 bits per heavy atom. The normalized spacial score (nSPS) is 14.4. The van der Waals surface area contributed by atoms with E-state index in [1.165, 1.54) is 0 Å². The summed E-state index contributed by atoms with van der Waals surface area (Å²) in [4.78, 5) is 6.48. The van der Waals surface area contributed by atoms with E-state index >= 15 is 0 Å². The maximum absolute atomic E-state index is 6.38. The smallest absolute Gasteiger partial charge is 0.0951 e. The van der Waals surface area contributed by atoms with Crippen LogP contribution >= 0.6 is 0 Å². The van der Waals surface area contributed by atoms with Crippen LogP contribution in [0.2, 0.25) is 0 Å². The van der Waals surface area contributed by atoms with E-state index in [1.807, 2.05) is 30.7 Å². The molecular formula is C16H24N4. The molecule has 4 heteroatoms. The van der Waals surface area contributed by atoms with Crippen LogP contribution in [0.5, 0.6) is 0 Å². The number of aromatic nitrogens is 2. The second-order valence-corrected chi connectivity index (χ2v) is 5.56. The van der Waals surface area contributed by atoms with E-state index in [4.69, 9.17) is 5.73 Å². The van der Waals surface area contributed by atoms with Crippen LogP contribution in [0.4, 0.5) is 0 Å². The summed E-state index contributed by atoms with van der Waals surface area (Å²) in [5, 5.41) is 0. The molecule has 0 bridgehead atoms. The molecule has 0 amide bonds. The number of nitrogens with zero attached hydrogens (tertiary/aromatic N) is 3. The van der Waals surface area contributed by atoms with Crippen LogP contribution in [0.25, 0.3) is 0 Å². The SMILES string of the molecule is CC(CCN(C)C)n1cncc1C(N)c1ccccc1. The lowest BCUT2D eigenvalue weighted by atomic mass is 10.0. The summed E-state index contributed by atoms with van der Waals surface area (Å²) in [6.07, 6.45) is 4.85. The van der Waals surface area contributed by atoms with E-state index in [0.717, 1.165) is 24.2 Å². The average molecular weight is 272 g/mol. The first-order chi connectivity index (χ1) is 9.59. The molecule has 0 fully saturated rings. The fourth-order valence-electron chi connectivity index (χ4n) is 2.34. The maximum atomic E-state index is 6.38. The molecular weight excluding hydrogens is 248 g/mol. The van der Waals surface area contributed by atoms with E-state index in [0.29, 0.717) is 6.04 Å². The molecule has 108 valence electrons. The average Bonchev–Trinajstić information content (AvgIpc) is 2.94. The zero-order valence-corrected chi connectivity index (χ0v) is 12.5. The van der Waals surface area contributed by atoms with Crippen molar-refractivity contribution in [2.24, 2.45) is 5.73 Å². The first kappa shape index (κ1) is 14.8. The van der Waals surface area contributed by atoms with Gasteiger partial charge in [-0.05, 0) is 39.5 Å². The van der Waals surface area contributed by atoms with Gasteiger partial charge in [0.25, 0.3) is 0 Å². The Morgan fingerprint density at radius 3 is 2.60 bits per heavy atom. The van der Waals surface area contributed by atoms with Gasteiger partial charge < -0.3 is 15.2 Å². The van der Waals surface area contributed by atoms with Gasteiger partial charge in [-0.15, -0.1) is 0 Å². The lowest BCUT2D eigenvalue weighted by Gasteiger charge is -2.21. The van der Waals surface area contributed by atoms with E-state index in [1.54, 1.807) is 0 Å². The van der Waals surface area contributed by atoms with Crippen LogP contribution in [0.1, 0.15) is 36.7 Å². The third kappa shape index (κ3) is 3.46. The second-order valence-electron chi connectivity index (χ2n) is 5.56. The van der Waals surface area contributed by atoms with E-state index in [-0.39, 0.29) is 6.04 Å². The number of hydrogen-bond acceptors (Lipinski definition) is 3.